The molecule has 2 aliphatic heterocycles. The maximum atomic E-state index is 5.54. The van der Waals surface area contributed by atoms with Gasteiger partial charge in [0.1, 0.15) is 11.6 Å². The molecule has 4 rings (SSSR count). The molecule has 0 amide bonds. The largest absolute Gasteiger partial charge is 0.358 e. The number of aromatic nitrogens is 2. The molecule has 2 N–H and O–H groups in total. The molecule has 31 heavy (non-hydrogen) atoms. The summed E-state index contributed by atoms with van der Waals surface area (Å²) in [5, 5.41) is 7.07. The highest BCUT2D eigenvalue weighted by molar-refractivity contribution is 7.80. The number of thiocarbonyl (C=S) groups is 1. The van der Waals surface area contributed by atoms with E-state index in [0.717, 1.165) is 43.7 Å². The third-order valence-corrected chi connectivity index (χ3v) is 6.50. The van der Waals surface area contributed by atoms with Crippen LogP contribution >= 0.6 is 12.2 Å². The number of anilines is 3. The fourth-order valence-corrected chi connectivity index (χ4v) is 4.43. The van der Waals surface area contributed by atoms with E-state index in [2.05, 4.69) is 45.6 Å². The van der Waals surface area contributed by atoms with Crippen molar-refractivity contribution < 1.29 is 0 Å². The summed E-state index contributed by atoms with van der Waals surface area (Å²) in [6.45, 7) is 7.23. The van der Waals surface area contributed by atoms with Crippen LogP contribution in [0.25, 0.3) is 0 Å². The predicted molar refractivity (Wildman–Crippen MR) is 133 cm³/mol. The minimum Gasteiger partial charge on any atom is -0.358 e. The van der Waals surface area contributed by atoms with Crippen LogP contribution in [0, 0.1) is 5.92 Å². The van der Waals surface area contributed by atoms with Gasteiger partial charge in [0.2, 0.25) is 5.95 Å². The predicted octanol–water partition coefficient (Wildman–Crippen LogP) is 4.58. The normalized spacial score (nSPS) is 17.8. The van der Waals surface area contributed by atoms with Gasteiger partial charge in [0.15, 0.2) is 5.11 Å². The number of nitrogens with zero attached hydrogens (tertiary/aromatic N) is 4. The summed E-state index contributed by atoms with van der Waals surface area (Å²) in [5.74, 6) is 3.39. The van der Waals surface area contributed by atoms with Crippen LogP contribution in [-0.2, 0) is 6.54 Å². The molecule has 166 valence electrons. The van der Waals surface area contributed by atoms with Gasteiger partial charge in [-0.25, -0.2) is 0 Å². The number of hydrogen-bond donors (Lipinski definition) is 2. The minimum absolute atomic E-state index is 0.551. The van der Waals surface area contributed by atoms with Crippen molar-refractivity contribution in [1.29, 1.82) is 0 Å². The maximum absolute atomic E-state index is 5.54. The molecule has 1 aromatic carbocycles. The summed E-state index contributed by atoms with van der Waals surface area (Å²) in [6.07, 6.45) is 7.47. The number of benzene rings is 1. The molecule has 2 fully saturated rings. The van der Waals surface area contributed by atoms with E-state index in [0.29, 0.717) is 17.6 Å². The standard InChI is InChI=1S/C24H34N6S/c1-19-11-15-30(16-12-19)22-17-21(29-13-7-2-3-8-14-29)26-23(27-22)28-24(31)25-18-20-9-5-4-6-10-20/h4-6,9-10,17,19H,2-3,7-8,11-16,18H2,1H3,(H2,25,26,27,28,31). The molecule has 7 heteroatoms. The smallest absolute Gasteiger partial charge is 0.232 e. The van der Waals surface area contributed by atoms with Gasteiger partial charge in [0.25, 0.3) is 0 Å². The van der Waals surface area contributed by atoms with Gasteiger partial charge >= 0.3 is 0 Å². The van der Waals surface area contributed by atoms with Gasteiger partial charge in [-0.15, -0.1) is 0 Å². The number of piperidine rings is 1. The Hall–Kier alpha value is -2.41. The first kappa shape index (κ1) is 21.8. The Morgan fingerprint density at radius 2 is 1.55 bits per heavy atom. The van der Waals surface area contributed by atoms with Crippen molar-refractivity contribution in [3.05, 3.63) is 42.0 Å². The van der Waals surface area contributed by atoms with Crippen LogP contribution in [0.3, 0.4) is 0 Å². The minimum atomic E-state index is 0.551. The van der Waals surface area contributed by atoms with Crippen molar-refractivity contribution in [2.75, 3.05) is 41.3 Å². The van der Waals surface area contributed by atoms with E-state index in [1.54, 1.807) is 0 Å². The Kier molecular flexibility index (Phi) is 7.57. The van der Waals surface area contributed by atoms with Gasteiger partial charge in [-0.2, -0.15) is 9.97 Å². The van der Waals surface area contributed by atoms with Crippen LogP contribution in [0.2, 0.25) is 0 Å². The van der Waals surface area contributed by atoms with Crippen LogP contribution < -0.4 is 20.4 Å². The average Bonchev–Trinajstić information content (AvgIpc) is 3.08. The van der Waals surface area contributed by atoms with Crippen molar-refractivity contribution in [1.82, 2.24) is 15.3 Å². The van der Waals surface area contributed by atoms with Gasteiger partial charge in [0.05, 0.1) is 0 Å². The Labute approximate surface area is 191 Å². The number of nitrogens with one attached hydrogen (secondary N) is 2. The van der Waals surface area contributed by atoms with Crippen LogP contribution in [0.1, 0.15) is 51.0 Å². The Balaban J connectivity index is 1.49. The first-order chi connectivity index (χ1) is 15.2. The second-order valence-electron chi connectivity index (χ2n) is 8.77. The topological polar surface area (TPSA) is 56.3 Å². The molecule has 6 nitrogen and oxygen atoms in total. The highest BCUT2D eigenvalue weighted by atomic mass is 32.1. The molecule has 3 heterocycles. The molecule has 0 saturated carbocycles. The highest BCUT2D eigenvalue weighted by Gasteiger charge is 2.21. The quantitative estimate of drug-likeness (QED) is 0.663. The van der Waals surface area contributed by atoms with Gasteiger partial charge in [-0.1, -0.05) is 50.1 Å². The summed E-state index contributed by atoms with van der Waals surface area (Å²) in [5.41, 5.74) is 1.19. The van der Waals surface area contributed by atoms with E-state index in [1.165, 1.54) is 44.1 Å². The Morgan fingerprint density at radius 1 is 0.935 bits per heavy atom. The second-order valence-corrected chi connectivity index (χ2v) is 9.18. The first-order valence-electron chi connectivity index (χ1n) is 11.6. The van der Waals surface area contributed by atoms with Crippen molar-refractivity contribution >= 4 is 34.9 Å². The molecule has 0 radical (unpaired) electrons. The molecule has 0 bridgehead atoms. The van der Waals surface area contributed by atoms with Gasteiger partial charge < -0.3 is 20.4 Å². The molecular weight excluding hydrogens is 404 g/mol. The van der Waals surface area contributed by atoms with Crippen LogP contribution in [0.5, 0.6) is 0 Å². The van der Waals surface area contributed by atoms with Crippen molar-refractivity contribution in [2.24, 2.45) is 5.92 Å². The molecule has 1 aromatic heterocycles. The lowest BCUT2D eigenvalue weighted by Crippen LogP contribution is -2.35. The van der Waals surface area contributed by atoms with Crippen molar-refractivity contribution in [3.63, 3.8) is 0 Å². The summed E-state index contributed by atoms with van der Waals surface area (Å²) >= 11 is 5.54. The molecule has 0 unspecified atom stereocenters. The third kappa shape index (κ3) is 6.29. The molecule has 0 atom stereocenters. The molecule has 2 aliphatic rings. The van der Waals surface area contributed by atoms with E-state index < -0.39 is 0 Å². The summed E-state index contributed by atoms with van der Waals surface area (Å²) in [4.78, 5) is 14.5. The van der Waals surface area contributed by atoms with Gasteiger partial charge in [-0.05, 0) is 49.4 Å². The average molecular weight is 439 g/mol. The van der Waals surface area contributed by atoms with Crippen molar-refractivity contribution in [3.8, 4) is 0 Å². The van der Waals surface area contributed by atoms with Gasteiger partial charge in [0, 0.05) is 38.8 Å². The monoisotopic (exact) mass is 438 g/mol. The fraction of sp³-hybridized carbons (Fsp3) is 0.542. The molecule has 2 aromatic rings. The third-order valence-electron chi connectivity index (χ3n) is 6.26. The van der Waals surface area contributed by atoms with Crippen LogP contribution in [0.15, 0.2) is 36.4 Å². The lowest BCUT2D eigenvalue weighted by Gasteiger charge is -2.32. The van der Waals surface area contributed by atoms with E-state index >= 15 is 0 Å². The van der Waals surface area contributed by atoms with E-state index in [1.807, 2.05) is 18.2 Å². The highest BCUT2D eigenvalue weighted by Crippen LogP contribution is 2.27. The molecule has 2 saturated heterocycles. The SMILES string of the molecule is CC1CCN(c2cc(N3CCCCCC3)nc(NC(=S)NCc3ccccc3)n2)CC1. The van der Waals surface area contributed by atoms with E-state index in [-0.39, 0.29) is 0 Å². The Morgan fingerprint density at radius 3 is 2.19 bits per heavy atom. The summed E-state index contributed by atoms with van der Waals surface area (Å²) < 4.78 is 0. The van der Waals surface area contributed by atoms with E-state index in [9.17, 15) is 0 Å². The van der Waals surface area contributed by atoms with Crippen LogP contribution in [-0.4, -0.2) is 41.3 Å². The second kappa shape index (κ2) is 10.8. The van der Waals surface area contributed by atoms with Crippen LogP contribution in [0.4, 0.5) is 17.6 Å². The zero-order chi connectivity index (χ0) is 21.5. The number of rotatable bonds is 5. The fourth-order valence-electron chi connectivity index (χ4n) is 4.26. The maximum Gasteiger partial charge on any atom is 0.232 e. The molecule has 0 aliphatic carbocycles. The first-order valence-corrected chi connectivity index (χ1v) is 12.1. The molecule has 0 spiro atoms. The van der Waals surface area contributed by atoms with E-state index in [4.69, 9.17) is 22.2 Å². The lowest BCUT2D eigenvalue weighted by atomic mass is 9.99. The van der Waals surface area contributed by atoms with Crippen molar-refractivity contribution in [2.45, 2.75) is 52.0 Å². The Bertz CT molecular complexity index is 842. The summed E-state index contributed by atoms with van der Waals surface area (Å²) in [6, 6.07) is 12.4. The summed E-state index contributed by atoms with van der Waals surface area (Å²) in [7, 11) is 0. The molecular formula is C24H34N6S. The lowest BCUT2D eigenvalue weighted by molar-refractivity contribution is 0.436. The zero-order valence-corrected chi connectivity index (χ0v) is 19.3. The zero-order valence-electron chi connectivity index (χ0n) is 18.5. The van der Waals surface area contributed by atoms with Gasteiger partial charge in [-0.3, -0.25) is 0 Å². The number of hydrogen-bond acceptors (Lipinski definition) is 5.